The number of hydrogen-bond donors (Lipinski definition) is 8. The van der Waals surface area contributed by atoms with E-state index in [1.165, 1.54) is 62.8 Å². The molecule has 12 aromatic carbocycles. The molecule has 0 unspecified atom stereocenters. The number of carboxylic acid groups (broad SMARTS) is 1. The van der Waals surface area contributed by atoms with Gasteiger partial charge in [-0.2, -0.15) is 0 Å². The largest absolute Gasteiger partial charge is 0.491 e. The van der Waals surface area contributed by atoms with Gasteiger partial charge in [-0.25, -0.2) is 27.6 Å². The van der Waals surface area contributed by atoms with Crippen LogP contribution in [0.15, 0.2) is 215 Å². The fourth-order valence-corrected chi connectivity index (χ4v) is 16.0. The molecular weight excluding hydrogens is 1830 g/mol. The summed E-state index contributed by atoms with van der Waals surface area (Å²) in [6.45, 7) is 0. The zero-order chi connectivity index (χ0) is 84.2. The molecule has 0 radical (unpaired) electrons. The van der Waals surface area contributed by atoms with Crippen molar-refractivity contribution in [3.8, 4) is 22.3 Å². The average Bonchev–Trinajstić information content (AvgIpc) is 0.762. The summed E-state index contributed by atoms with van der Waals surface area (Å²) >= 11 is 76.5. The maximum Gasteiger partial charge on any atom is 0.491 e. The first-order valence-corrected chi connectivity index (χ1v) is 38.5. The highest BCUT2D eigenvalue weighted by molar-refractivity contribution is 9.10. The van der Waals surface area contributed by atoms with E-state index in [0.717, 1.165) is 60.0 Å². The van der Waals surface area contributed by atoms with Crippen LogP contribution in [0, 0.1) is 17.5 Å². The summed E-state index contributed by atoms with van der Waals surface area (Å²) in [5.74, 6) is 2.77. The molecule has 12 aromatic rings. The Morgan fingerprint density at radius 3 is 0.949 bits per heavy atom. The third-order valence-corrected chi connectivity index (χ3v) is 21.3. The van der Waals surface area contributed by atoms with Crippen molar-refractivity contribution in [2.75, 3.05) is 14.2 Å². The second-order valence-electron chi connectivity index (χ2n) is 24.1. The topological polar surface area (TPSA) is 294 Å². The second-order valence-corrected chi connectivity index (χ2v) is 29.9. The van der Waals surface area contributed by atoms with E-state index in [9.17, 15) is 47.0 Å². The number of ether oxygens (including phenoxy) is 2. The number of carboxylic acids is 1. The molecule has 0 saturated heterocycles. The minimum absolute atomic E-state index is 0. The van der Waals surface area contributed by atoms with Crippen molar-refractivity contribution >= 4 is 236 Å². The lowest BCUT2D eigenvalue weighted by Crippen LogP contribution is -2.43. The molecule has 0 aliphatic carbocycles. The molecule has 3 amide bonds. The number of nitrogens with zero attached hydrogens (tertiary/aromatic N) is 2. The number of carbonyl (C=O) groups is 6. The molecule has 10 N–H and O–H groups in total. The van der Waals surface area contributed by atoms with Gasteiger partial charge in [0.15, 0.2) is 0 Å². The van der Waals surface area contributed by atoms with Gasteiger partial charge in [0.25, 0.3) is 17.7 Å². The Morgan fingerprint density at radius 1 is 0.393 bits per heavy atom. The number of aliphatic carboxylic acids is 1. The highest BCUT2D eigenvalue weighted by atomic mass is 79.9. The highest BCUT2D eigenvalue weighted by Crippen LogP contribution is 2.43. The van der Waals surface area contributed by atoms with Gasteiger partial charge in [-0.05, 0) is 139 Å². The molecule has 0 fully saturated rings. The summed E-state index contributed by atoms with van der Waals surface area (Å²) in [4.78, 5) is 75.5. The SMILES string of the molecule is C.C.COC(=O)[C@H](Cc1ccc(-c2c(Cl)cc(F)cc2Cl)c2ccccc12)NC(=O)c1c(Cl)cccc1Cl.COC(=O)[C@H](Cc1ccc(Br)c2ccccc12)NC(=O)c1c(Cl)cccc1Cl.N/N=N/N.O=C(N[C@@H](Cc1ccc(-c2c(Cl)cc(F)cc2Cl)c2ccccc12)C(=O)O)c1c(Cl)cccc1Cl.OB(O)c1c(Cl)cc(F)cc1Cl. The summed E-state index contributed by atoms with van der Waals surface area (Å²) < 4.78 is 50.8. The lowest BCUT2D eigenvalue weighted by atomic mass is 9.80. The first-order chi connectivity index (χ1) is 54.7. The second kappa shape index (κ2) is 45.4. The van der Waals surface area contributed by atoms with Gasteiger partial charge in [0.1, 0.15) is 35.6 Å². The first kappa shape index (κ1) is 97.0. The van der Waals surface area contributed by atoms with Gasteiger partial charge < -0.3 is 52.3 Å². The third kappa shape index (κ3) is 24.9. The molecular formula is C82H66BBrCl12F3N7O11. The number of fused-ring (bicyclic) bond motifs is 3. The van der Waals surface area contributed by atoms with Crippen molar-refractivity contribution in [3.05, 3.63) is 316 Å². The molecule has 0 aliphatic heterocycles. The Kier molecular flexibility index (Phi) is 37.6. The van der Waals surface area contributed by atoms with Gasteiger partial charge in [0.05, 0.1) is 81.1 Å². The third-order valence-electron chi connectivity index (χ3n) is 16.9. The monoisotopic (exact) mass is 1890 g/mol. The van der Waals surface area contributed by atoms with E-state index in [1.54, 1.807) is 60.7 Å². The predicted octanol–water partition coefficient (Wildman–Crippen LogP) is 22.2. The van der Waals surface area contributed by atoms with E-state index in [2.05, 4.69) is 54.0 Å². The lowest BCUT2D eigenvalue weighted by Gasteiger charge is -2.20. The number of esters is 2. The minimum Gasteiger partial charge on any atom is -0.480 e. The number of benzene rings is 12. The van der Waals surface area contributed by atoms with E-state index in [-0.39, 0.29) is 117 Å². The van der Waals surface area contributed by atoms with Crippen LogP contribution in [-0.2, 0) is 43.1 Å². The fourth-order valence-electron chi connectivity index (χ4n) is 11.8. The number of carbonyl (C=O) groups excluding carboxylic acids is 5. The zero-order valence-electron chi connectivity index (χ0n) is 59.2. The van der Waals surface area contributed by atoms with Crippen molar-refractivity contribution in [1.82, 2.24) is 16.0 Å². The molecule has 610 valence electrons. The average molecular weight is 1900 g/mol. The number of nitrogens with one attached hydrogen (secondary N) is 3. The van der Waals surface area contributed by atoms with Crippen molar-refractivity contribution in [1.29, 1.82) is 0 Å². The normalized spacial score (nSPS) is 11.4. The Labute approximate surface area is 738 Å². The van der Waals surface area contributed by atoms with Crippen LogP contribution in [0.5, 0.6) is 0 Å². The van der Waals surface area contributed by atoms with Crippen LogP contribution in [-0.4, -0.2) is 90.2 Å². The Bertz CT molecular complexity index is 5580. The molecule has 0 heterocycles. The van der Waals surface area contributed by atoms with Gasteiger partial charge in [-0.1, -0.05) is 302 Å². The number of nitrogens with two attached hydrogens (primary N) is 2. The Hall–Kier alpha value is -8.83. The lowest BCUT2D eigenvalue weighted by molar-refractivity contribution is -0.143. The van der Waals surface area contributed by atoms with Gasteiger partial charge in [0, 0.05) is 50.4 Å². The summed E-state index contributed by atoms with van der Waals surface area (Å²) in [7, 11) is 0.735. The first-order valence-electron chi connectivity index (χ1n) is 33.1. The van der Waals surface area contributed by atoms with E-state index in [0.29, 0.717) is 27.8 Å². The molecule has 12 rings (SSSR count). The smallest absolute Gasteiger partial charge is 0.480 e. The van der Waals surface area contributed by atoms with Crippen molar-refractivity contribution in [2.45, 2.75) is 52.2 Å². The Balaban J connectivity index is 0.000000248. The van der Waals surface area contributed by atoms with Crippen LogP contribution in [0.3, 0.4) is 0 Å². The van der Waals surface area contributed by atoms with Crippen LogP contribution in [0.1, 0.15) is 62.6 Å². The standard InChI is InChI=1S/C27H18Cl4FNO3.C26H16Cl4FNO3.C21H16BrCl2NO3.C6H4BCl2FO2.2CH4.H4N4/c1-36-27(35)23(33-26(34)25-19(28)7-4-8-20(25)29)11-14-9-10-18(17-6-3-2-5-16(14)17)24-21(30)12-15(32)13-22(24)31;27-18-6-3-7-19(28)24(18)25(33)32-22(26(34)35)10-13-8-9-17(16-5-2-1-4-15(13)16)23-20(29)11-14(31)12-21(23)30;1-28-21(27)18(25-20(26)19-16(23)7-4-8-17(19)24)11-12-9-10-15(22)14-6-3-2-5-13(12)14;8-4-1-3(10)2-5(9)6(4)7(11)12;;;1-3-4-2/h2-10,12-13,23H,11H2,1H3,(H,33,34);1-9,11-12,22H,10H2,(H,32,33)(H,34,35);2-10,18H,11H2,1H3,(H,25,26);1-2,11-12H;2*1H4;(H2,1,4)(H2,2,3)/t23-;22-;18-;;;;/m000..../s1. The number of amides is 3. The van der Waals surface area contributed by atoms with Crippen molar-refractivity contribution in [3.63, 3.8) is 0 Å². The molecule has 0 saturated carbocycles. The zero-order valence-corrected chi connectivity index (χ0v) is 69.8. The van der Waals surface area contributed by atoms with Crippen LogP contribution >= 0.6 is 155 Å². The van der Waals surface area contributed by atoms with Gasteiger partial charge >= 0.3 is 25.0 Å². The number of methoxy groups -OCH3 is 2. The number of rotatable bonds is 18. The molecule has 0 aromatic heterocycles. The van der Waals surface area contributed by atoms with Gasteiger partial charge in [-0.15, -0.1) is 0 Å². The molecule has 0 aliphatic rings. The molecule has 0 bridgehead atoms. The van der Waals surface area contributed by atoms with Crippen molar-refractivity contribution in [2.24, 2.45) is 22.1 Å². The van der Waals surface area contributed by atoms with Crippen LogP contribution < -0.4 is 33.1 Å². The summed E-state index contributed by atoms with van der Waals surface area (Å²) in [6, 6.07) is 51.0. The predicted molar refractivity (Wildman–Crippen MR) is 469 cm³/mol. The number of halogens is 16. The van der Waals surface area contributed by atoms with E-state index in [1.807, 2.05) is 78.9 Å². The van der Waals surface area contributed by atoms with Gasteiger partial charge in [0.2, 0.25) is 0 Å². The molecule has 0 spiro atoms. The maximum atomic E-state index is 13.8. The van der Waals surface area contributed by atoms with Gasteiger partial charge in [-0.3, -0.25) is 14.4 Å². The summed E-state index contributed by atoms with van der Waals surface area (Å²) in [6.07, 6.45) is 0.356. The minimum atomic E-state index is -1.79. The summed E-state index contributed by atoms with van der Waals surface area (Å²) in [5, 5.41) is 46.9. The fraction of sp³-hybridized carbons (Fsp3) is 0.122. The highest BCUT2D eigenvalue weighted by Gasteiger charge is 2.30. The van der Waals surface area contributed by atoms with Crippen LogP contribution in [0.2, 0.25) is 60.3 Å². The molecule has 117 heavy (non-hydrogen) atoms. The quantitative estimate of drug-likeness (QED) is 0.0130. The van der Waals surface area contributed by atoms with E-state index < -0.39 is 78.3 Å². The van der Waals surface area contributed by atoms with Crippen LogP contribution in [0.25, 0.3) is 54.6 Å². The van der Waals surface area contributed by atoms with Crippen LogP contribution in [0.4, 0.5) is 13.2 Å². The van der Waals surface area contributed by atoms with E-state index >= 15 is 0 Å². The van der Waals surface area contributed by atoms with E-state index in [4.69, 9.17) is 159 Å². The maximum absolute atomic E-state index is 13.8. The van der Waals surface area contributed by atoms with Crippen molar-refractivity contribution < 1.29 is 66.6 Å². The summed E-state index contributed by atoms with van der Waals surface area (Å²) in [5.41, 5.74) is 4.76. The molecule has 35 heteroatoms. The molecule has 3 atom stereocenters. The number of hydrogen-bond acceptors (Lipinski definition) is 12. The molecule has 18 nitrogen and oxygen atoms in total. The Morgan fingerprint density at radius 2 is 0.658 bits per heavy atom.